The zero-order valence-electron chi connectivity index (χ0n) is 22.2. The highest BCUT2D eigenvalue weighted by Gasteiger charge is 2.46. The maximum Gasteiger partial charge on any atom is 0.340 e. The van der Waals surface area contributed by atoms with Crippen molar-refractivity contribution in [3.05, 3.63) is 79.8 Å². The fourth-order valence-corrected chi connectivity index (χ4v) is 5.53. The number of hydrogen-bond donors (Lipinski definition) is 2. The van der Waals surface area contributed by atoms with Gasteiger partial charge in [-0.3, -0.25) is 9.59 Å². The van der Waals surface area contributed by atoms with Crippen LogP contribution in [0.4, 0.5) is 5.69 Å². The molecule has 2 aliphatic rings. The molecule has 2 aromatic carbocycles. The Balaban J connectivity index is 1.72. The molecule has 1 aliphatic carbocycles. The number of nitrogens with two attached hydrogens (primary N) is 1. The second-order valence-electron chi connectivity index (χ2n) is 10.3. The molecule has 39 heavy (non-hydrogen) atoms. The number of aryl methyl sites for hydroxylation is 1. The highest BCUT2D eigenvalue weighted by atomic mass is 79.9. The van der Waals surface area contributed by atoms with Crippen LogP contribution < -0.4 is 15.8 Å². The fourth-order valence-electron chi connectivity index (χ4n) is 4.88. The first kappa shape index (κ1) is 28.7. The number of carbonyl (C=O) groups excluding carboxylic acids is 3. The van der Waals surface area contributed by atoms with E-state index in [1.165, 1.54) is 0 Å². The number of anilines is 1. The molecule has 0 spiro atoms. The van der Waals surface area contributed by atoms with Gasteiger partial charge in [0.25, 0.3) is 5.91 Å². The molecule has 0 aromatic heterocycles. The fraction of sp³-hybridized carbons (Fsp3) is 0.345. The van der Waals surface area contributed by atoms with Crippen molar-refractivity contribution < 1.29 is 28.6 Å². The van der Waals surface area contributed by atoms with E-state index in [0.717, 1.165) is 10.0 Å². The highest BCUT2D eigenvalue weighted by Crippen LogP contribution is 2.50. The molecule has 1 aliphatic heterocycles. The van der Waals surface area contributed by atoms with E-state index in [2.05, 4.69) is 21.2 Å². The number of hydrogen-bond acceptors (Lipinski definition) is 7. The summed E-state index contributed by atoms with van der Waals surface area (Å²) in [4.78, 5) is 39.4. The number of benzene rings is 2. The highest BCUT2D eigenvalue weighted by molar-refractivity contribution is 9.10. The van der Waals surface area contributed by atoms with Crippen molar-refractivity contribution in [3.8, 4) is 5.75 Å². The van der Waals surface area contributed by atoms with Gasteiger partial charge < -0.3 is 25.3 Å². The molecule has 4 rings (SSSR count). The lowest BCUT2D eigenvalue weighted by Gasteiger charge is -2.38. The quantitative estimate of drug-likeness (QED) is 0.371. The van der Waals surface area contributed by atoms with Crippen molar-refractivity contribution in [3.63, 3.8) is 0 Å². The molecule has 8 nitrogen and oxygen atoms in total. The first-order valence-corrected chi connectivity index (χ1v) is 13.7. The van der Waals surface area contributed by atoms with Crippen LogP contribution in [0, 0.1) is 12.3 Å². The van der Waals surface area contributed by atoms with Gasteiger partial charge in [-0.25, -0.2) is 4.79 Å². The molecule has 1 unspecified atom stereocenters. The first-order chi connectivity index (χ1) is 18.4. The molecule has 2 aromatic rings. The lowest BCUT2D eigenvalue weighted by molar-refractivity contribution is -0.139. The third-order valence-electron chi connectivity index (χ3n) is 6.55. The number of rotatable bonds is 7. The molecule has 3 N–H and O–H groups in total. The predicted octanol–water partition coefficient (Wildman–Crippen LogP) is 5.92. The van der Waals surface area contributed by atoms with E-state index in [9.17, 15) is 14.4 Å². The maximum atomic E-state index is 13.5. The smallest absolute Gasteiger partial charge is 0.340 e. The first-order valence-electron chi connectivity index (χ1n) is 12.5. The minimum Gasteiger partial charge on any atom is -0.483 e. The van der Waals surface area contributed by atoms with Crippen molar-refractivity contribution in [2.45, 2.75) is 46.5 Å². The summed E-state index contributed by atoms with van der Waals surface area (Å²) < 4.78 is 18.0. The molecular formula is C29H30BrClN2O6. The van der Waals surface area contributed by atoms with Gasteiger partial charge in [-0.15, -0.1) is 0 Å². The van der Waals surface area contributed by atoms with Gasteiger partial charge in [0.15, 0.2) is 12.4 Å². The predicted molar refractivity (Wildman–Crippen MR) is 151 cm³/mol. The molecule has 0 saturated carbocycles. The standard InChI is InChI=1S/C29H30BrClN2O6/c1-5-37-28(36)26-24(25-20(34)12-29(3,4)13-22(25)39-27(26)32)18-11-17(31)7-9-21(18)38-14-23(35)33-19-8-6-16(30)10-15(19)2/h6-11,24H,5,12-14,32H2,1-4H3,(H,33,35). The number of carbonyl (C=O) groups is 3. The van der Waals surface area contributed by atoms with E-state index < -0.39 is 11.9 Å². The van der Waals surface area contributed by atoms with Crippen molar-refractivity contribution in [2.75, 3.05) is 18.5 Å². The molecule has 1 amide bonds. The number of Topliss-reactive ketones (excluding diaryl/α,β-unsaturated/α-hetero) is 1. The van der Waals surface area contributed by atoms with E-state index in [-0.39, 0.29) is 53.9 Å². The van der Waals surface area contributed by atoms with E-state index in [1.54, 1.807) is 31.2 Å². The average Bonchev–Trinajstić information content (AvgIpc) is 2.83. The Bertz CT molecular complexity index is 1410. The Kier molecular flexibility index (Phi) is 8.42. The van der Waals surface area contributed by atoms with Crippen LogP contribution in [0.5, 0.6) is 5.75 Å². The van der Waals surface area contributed by atoms with Gasteiger partial charge in [0.05, 0.1) is 12.5 Å². The molecule has 0 saturated heterocycles. The van der Waals surface area contributed by atoms with Crippen LogP contribution in [-0.2, 0) is 23.9 Å². The van der Waals surface area contributed by atoms with Crippen LogP contribution in [-0.4, -0.2) is 30.9 Å². The zero-order valence-corrected chi connectivity index (χ0v) is 24.5. The number of ketones is 1. The summed E-state index contributed by atoms with van der Waals surface area (Å²) in [6, 6.07) is 10.3. The molecule has 10 heteroatoms. The van der Waals surface area contributed by atoms with Crippen LogP contribution in [0.25, 0.3) is 0 Å². The van der Waals surface area contributed by atoms with Gasteiger partial charge >= 0.3 is 5.97 Å². The van der Waals surface area contributed by atoms with Crippen LogP contribution >= 0.6 is 27.5 Å². The number of halogens is 2. The van der Waals surface area contributed by atoms with Gasteiger partial charge in [-0.05, 0) is 61.2 Å². The third-order valence-corrected chi connectivity index (χ3v) is 7.28. The molecular weight excluding hydrogens is 588 g/mol. The molecule has 0 fully saturated rings. The van der Waals surface area contributed by atoms with Crippen LogP contribution in [0.15, 0.2) is 63.7 Å². The van der Waals surface area contributed by atoms with Crippen LogP contribution in [0.3, 0.4) is 0 Å². The lowest BCUT2D eigenvalue weighted by Crippen LogP contribution is -2.36. The zero-order chi connectivity index (χ0) is 28.5. The van der Waals surface area contributed by atoms with Gasteiger partial charge in [0.1, 0.15) is 17.1 Å². The second-order valence-corrected chi connectivity index (χ2v) is 11.6. The largest absolute Gasteiger partial charge is 0.483 e. The second kappa shape index (κ2) is 11.4. The Morgan fingerprint density at radius 1 is 1.21 bits per heavy atom. The summed E-state index contributed by atoms with van der Waals surface area (Å²) in [5, 5.41) is 3.19. The van der Waals surface area contributed by atoms with Gasteiger partial charge in [0, 0.05) is 39.2 Å². The summed E-state index contributed by atoms with van der Waals surface area (Å²) in [6.07, 6.45) is 0.709. The van der Waals surface area contributed by atoms with E-state index in [4.69, 9.17) is 31.5 Å². The summed E-state index contributed by atoms with van der Waals surface area (Å²) >= 11 is 9.79. The number of ether oxygens (including phenoxy) is 3. The van der Waals surface area contributed by atoms with Gasteiger partial charge in [-0.1, -0.05) is 41.4 Å². The van der Waals surface area contributed by atoms with Crippen molar-refractivity contribution >= 4 is 50.9 Å². The SMILES string of the molecule is CCOC(=O)C1=C(N)OC2=C(C(=O)CC(C)(C)C2)C1c1cc(Cl)ccc1OCC(=O)Nc1ccc(Br)cc1C. The van der Waals surface area contributed by atoms with Crippen molar-refractivity contribution in [2.24, 2.45) is 11.1 Å². The van der Waals surface area contributed by atoms with Gasteiger partial charge in [-0.2, -0.15) is 0 Å². The minimum absolute atomic E-state index is 0.00860. The minimum atomic E-state index is -0.943. The summed E-state index contributed by atoms with van der Waals surface area (Å²) in [5.74, 6) is -1.67. The Labute approximate surface area is 240 Å². The molecule has 1 heterocycles. The maximum absolute atomic E-state index is 13.5. The van der Waals surface area contributed by atoms with Crippen molar-refractivity contribution in [1.29, 1.82) is 0 Å². The third kappa shape index (κ3) is 6.31. The van der Waals surface area contributed by atoms with Crippen LogP contribution in [0.1, 0.15) is 50.7 Å². The van der Waals surface area contributed by atoms with Crippen LogP contribution in [0.2, 0.25) is 5.02 Å². The number of esters is 1. The Morgan fingerprint density at radius 2 is 1.95 bits per heavy atom. The molecule has 1 atom stereocenters. The van der Waals surface area contributed by atoms with E-state index in [0.29, 0.717) is 34.0 Å². The Morgan fingerprint density at radius 3 is 2.64 bits per heavy atom. The number of allylic oxidation sites excluding steroid dienone is 2. The monoisotopic (exact) mass is 616 g/mol. The average molecular weight is 618 g/mol. The van der Waals surface area contributed by atoms with Gasteiger partial charge in [0.2, 0.25) is 5.88 Å². The van der Waals surface area contributed by atoms with Crippen molar-refractivity contribution in [1.82, 2.24) is 0 Å². The molecule has 0 bridgehead atoms. The topological polar surface area (TPSA) is 117 Å². The van der Waals surface area contributed by atoms with E-state index in [1.807, 2.05) is 32.9 Å². The summed E-state index contributed by atoms with van der Waals surface area (Å²) in [7, 11) is 0. The number of nitrogens with one attached hydrogen (secondary N) is 1. The molecule has 0 radical (unpaired) electrons. The van der Waals surface area contributed by atoms with E-state index >= 15 is 0 Å². The number of amides is 1. The molecule has 206 valence electrons. The summed E-state index contributed by atoms with van der Waals surface area (Å²) in [5.41, 5.74) is 8.16. The Hall–Kier alpha value is -3.30. The summed E-state index contributed by atoms with van der Waals surface area (Å²) in [6.45, 7) is 7.26. The normalized spacial score (nSPS) is 18.3. The lowest BCUT2D eigenvalue weighted by atomic mass is 9.70.